The molecule has 0 aromatic heterocycles. The Morgan fingerprint density at radius 1 is 1.20 bits per heavy atom. The molecule has 0 bridgehead atoms. The normalized spacial score (nSPS) is 23.1. The zero-order valence-corrected chi connectivity index (χ0v) is 15.5. The number of carbonyl (C=O) groups is 2. The number of likely N-dealkylation sites (tertiary alicyclic amines) is 2. The maximum Gasteiger partial charge on any atom is 0.227 e. The number of piperidine rings is 1. The molecular formula is C21H30N2O2. The average molecular weight is 342 g/mol. The number of amides is 2. The molecule has 2 aliphatic rings. The minimum Gasteiger partial charge on any atom is -0.342 e. The monoisotopic (exact) mass is 342 g/mol. The van der Waals surface area contributed by atoms with Crippen LogP contribution in [-0.4, -0.2) is 47.3 Å². The first-order valence-electron chi connectivity index (χ1n) is 9.70. The lowest BCUT2D eigenvalue weighted by Gasteiger charge is -2.33. The fourth-order valence-electron chi connectivity index (χ4n) is 4.11. The Balaban J connectivity index is 1.49. The standard InChI is InChI=1S/C21H30N2O2/c1-3-16(2)23-15-19(14-20(23)24)21(25)22-11-9-18(10-12-22)13-17-7-5-4-6-8-17/h4-8,16,18-19H,3,9-15H2,1-2H3. The second-order valence-electron chi connectivity index (χ2n) is 7.66. The molecule has 2 aliphatic heterocycles. The average Bonchev–Trinajstić information content (AvgIpc) is 3.04. The maximum atomic E-state index is 12.8. The van der Waals surface area contributed by atoms with Gasteiger partial charge in [0.05, 0.1) is 5.92 Å². The molecule has 2 atom stereocenters. The van der Waals surface area contributed by atoms with Crippen LogP contribution in [0.25, 0.3) is 0 Å². The van der Waals surface area contributed by atoms with Gasteiger partial charge in [-0.1, -0.05) is 37.3 Å². The fraction of sp³-hybridized carbons (Fsp3) is 0.619. The van der Waals surface area contributed by atoms with E-state index >= 15 is 0 Å². The Hall–Kier alpha value is -1.84. The second-order valence-corrected chi connectivity index (χ2v) is 7.66. The highest BCUT2D eigenvalue weighted by Gasteiger charge is 2.38. The van der Waals surface area contributed by atoms with Gasteiger partial charge in [0.1, 0.15) is 0 Å². The van der Waals surface area contributed by atoms with Gasteiger partial charge in [-0.25, -0.2) is 0 Å². The molecule has 2 amide bonds. The van der Waals surface area contributed by atoms with Gasteiger partial charge in [0, 0.05) is 32.1 Å². The highest BCUT2D eigenvalue weighted by atomic mass is 16.2. The number of nitrogens with zero attached hydrogens (tertiary/aromatic N) is 2. The van der Waals surface area contributed by atoms with Crippen LogP contribution in [0.15, 0.2) is 30.3 Å². The molecule has 0 radical (unpaired) electrons. The molecule has 136 valence electrons. The van der Waals surface area contributed by atoms with Crippen LogP contribution in [0.5, 0.6) is 0 Å². The highest BCUT2D eigenvalue weighted by Crippen LogP contribution is 2.27. The third kappa shape index (κ3) is 4.23. The van der Waals surface area contributed by atoms with E-state index in [-0.39, 0.29) is 23.8 Å². The van der Waals surface area contributed by atoms with Gasteiger partial charge in [0.2, 0.25) is 11.8 Å². The third-order valence-electron chi connectivity index (χ3n) is 5.92. The number of benzene rings is 1. The zero-order valence-electron chi connectivity index (χ0n) is 15.5. The first-order valence-corrected chi connectivity index (χ1v) is 9.70. The zero-order chi connectivity index (χ0) is 17.8. The summed E-state index contributed by atoms with van der Waals surface area (Å²) in [7, 11) is 0. The van der Waals surface area contributed by atoms with Crippen molar-refractivity contribution in [1.82, 2.24) is 9.80 Å². The van der Waals surface area contributed by atoms with E-state index in [9.17, 15) is 9.59 Å². The molecular weight excluding hydrogens is 312 g/mol. The number of hydrogen-bond donors (Lipinski definition) is 0. The predicted octanol–water partition coefficient (Wildman–Crippen LogP) is 3.11. The van der Waals surface area contributed by atoms with Gasteiger partial charge in [-0.3, -0.25) is 9.59 Å². The first-order chi connectivity index (χ1) is 12.1. The van der Waals surface area contributed by atoms with Gasteiger partial charge in [-0.05, 0) is 44.1 Å². The summed E-state index contributed by atoms with van der Waals surface area (Å²) in [5.41, 5.74) is 1.39. The van der Waals surface area contributed by atoms with Crippen LogP contribution in [0.2, 0.25) is 0 Å². The number of carbonyl (C=O) groups excluding carboxylic acids is 2. The van der Waals surface area contributed by atoms with Crippen molar-refractivity contribution in [3.63, 3.8) is 0 Å². The van der Waals surface area contributed by atoms with E-state index in [2.05, 4.69) is 44.2 Å². The van der Waals surface area contributed by atoms with Gasteiger partial charge >= 0.3 is 0 Å². The van der Waals surface area contributed by atoms with Gasteiger partial charge in [0.25, 0.3) is 0 Å². The molecule has 0 N–H and O–H groups in total. The predicted molar refractivity (Wildman–Crippen MR) is 99.0 cm³/mol. The second kappa shape index (κ2) is 8.03. The lowest BCUT2D eigenvalue weighted by molar-refractivity contribution is -0.137. The van der Waals surface area contributed by atoms with Gasteiger partial charge in [0.15, 0.2) is 0 Å². The molecule has 2 unspecified atom stereocenters. The van der Waals surface area contributed by atoms with E-state index < -0.39 is 0 Å². The minimum absolute atomic E-state index is 0.132. The molecule has 1 aromatic rings. The lowest BCUT2D eigenvalue weighted by Crippen LogP contribution is -2.43. The summed E-state index contributed by atoms with van der Waals surface area (Å²) >= 11 is 0. The van der Waals surface area contributed by atoms with E-state index in [1.165, 1.54) is 5.56 Å². The molecule has 3 rings (SSSR count). The molecule has 0 saturated carbocycles. The molecule has 0 aliphatic carbocycles. The number of rotatable bonds is 5. The van der Waals surface area contributed by atoms with Gasteiger partial charge in [-0.15, -0.1) is 0 Å². The van der Waals surface area contributed by atoms with Crippen molar-refractivity contribution in [2.24, 2.45) is 11.8 Å². The van der Waals surface area contributed by atoms with Crippen LogP contribution in [0.3, 0.4) is 0 Å². The van der Waals surface area contributed by atoms with Crippen LogP contribution in [-0.2, 0) is 16.0 Å². The SMILES string of the molecule is CCC(C)N1CC(C(=O)N2CCC(Cc3ccccc3)CC2)CC1=O. The van der Waals surface area contributed by atoms with E-state index in [0.717, 1.165) is 38.8 Å². The molecule has 0 spiro atoms. The van der Waals surface area contributed by atoms with Crippen LogP contribution < -0.4 is 0 Å². The summed E-state index contributed by atoms with van der Waals surface area (Å²) in [5.74, 6) is 0.865. The van der Waals surface area contributed by atoms with E-state index in [1.807, 2.05) is 9.80 Å². The Bertz CT molecular complexity index is 593. The summed E-state index contributed by atoms with van der Waals surface area (Å²) in [6, 6.07) is 10.8. The summed E-state index contributed by atoms with van der Waals surface area (Å²) in [5, 5.41) is 0. The summed E-state index contributed by atoms with van der Waals surface area (Å²) < 4.78 is 0. The quantitative estimate of drug-likeness (QED) is 0.825. The molecule has 25 heavy (non-hydrogen) atoms. The largest absolute Gasteiger partial charge is 0.342 e. The van der Waals surface area contributed by atoms with Crippen molar-refractivity contribution in [3.8, 4) is 0 Å². The fourth-order valence-corrected chi connectivity index (χ4v) is 4.11. The lowest BCUT2D eigenvalue weighted by atomic mass is 9.89. The van der Waals surface area contributed by atoms with Crippen molar-refractivity contribution in [2.75, 3.05) is 19.6 Å². The Kier molecular flexibility index (Phi) is 5.77. The molecule has 1 aromatic carbocycles. The minimum atomic E-state index is -0.132. The van der Waals surface area contributed by atoms with Crippen molar-refractivity contribution >= 4 is 11.8 Å². The van der Waals surface area contributed by atoms with E-state index in [0.29, 0.717) is 18.9 Å². The van der Waals surface area contributed by atoms with Crippen LogP contribution in [0, 0.1) is 11.8 Å². The first kappa shape index (κ1) is 18.0. The van der Waals surface area contributed by atoms with Crippen LogP contribution in [0.4, 0.5) is 0 Å². The topological polar surface area (TPSA) is 40.6 Å². The molecule has 4 nitrogen and oxygen atoms in total. The molecule has 2 saturated heterocycles. The smallest absolute Gasteiger partial charge is 0.227 e. The van der Waals surface area contributed by atoms with Gasteiger partial charge < -0.3 is 9.80 Å². The molecule has 2 heterocycles. The Morgan fingerprint density at radius 2 is 1.88 bits per heavy atom. The summed E-state index contributed by atoms with van der Waals surface area (Å²) in [6.45, 7) is 6.44. The van der Waals surface area contributed by atoms with Crippen molar-refractivity contribution in [3.05, 3.63) is 35.9 Å². The maximum absolute atomic E-state index is 12.8. The molecule has 2 fully saturated rings. The molecule has 4 heteroatoms. The van der Waals surface area contributed by atoms with Gasteiger partial charge in [-0.2, -0.15) is 0 Å². The van der Waals surface area contributed by atoms with Crippen molar-refractivity contribution in [1.29, 1.82) is 0 Å². The van der Waals surface area contributed by atoms with Crippen LogP contribution in [0.1, 0.15) is 45.1 Å². The summed E-state index contributed by atoms with van der Waals surface area (Å²) in [6.07, 6.45) is 4.57. The van der Waals surface area contributed by atoms with E-state index in [1.54, 1.807) is 0 Å². The van der Waals surface area contributed by atoms with Crippen molar-refractivity contribution < 1.29 is 9.59 Å². The van der Waals surface area contributed by atoms with E-state index in [4.69, 9.17) is 0 Å². The van der Waals surface area contributed by atoms with Crippen LogP contribution >= 0.6 is 0 Å². The highest BCUT2D eigenvalue weighted by molar-refractivity contribution is 5.89. The van der Waals surface area contributed by atoms with Crippen molar-refractivity contribution in [2.45, 2.75) is 52.0 Å². The Morgan fingerprint density at radius 3 is 2.52 bits per heavy atom. The summed E-state index contributed by atoms with van der Waals surface area (Å²) in [4.78, 5) is 28.9. The number of hydrogen-bond acceptors (Lipinski definition) is 2. The third-order valence-corrected chi connectivity index (χ3v) is 5.92. The Labute approximate surface area is 151 Å².